The number of anilines is 1. The molecule has 0 radical (unpaired) electrons. The molecule has 3 rings (SSSR count). The number of imidazole rings is 1. The van der Waals surface area contributed by atoms with E-state index >= 15 is 0 Å². The summed E-state index contributed by atoms with van der Waals surface area (Å²) in [6.07, 6.45) is 3.25. The Morgan fingerprint density at radius 1 is 1.00 bits per heavy atom. The smallest absolute Gasteiger partial charge is 0.138 e. The summed E-state index contributed by atoms with van der Waals surface area (Å²) >= 11 is 0. The van der Waals surface area contributed by atoms with E-state index in [1.807, 2.05) is 0 Å². The number of fused-ring (bicyclic) bond motifs is 1. The van der Waals surface area contributed by atoms with Crippen molar-refractivity contribution in [1.82, 2.24) is 9.38 Å². The van der Waals surface area contributed by atoms with Crippen molar-refractivity contribution < 1.29 is 0 Å². The summed E-state index contributed by atoms with van der Waals surface area (Å²) in [5, 5.41) is 3.84. The molecule has 0 fully saturated rings. The first kappa shape index (κ1) is 19.5. The fraction of sp³-hybridized carbons (Fsp3) is 0.458. The molecular formula is C24H33N3. The maximum atomic E-state index is 5.01. The van der Waals surface area contributed by atoms with Gasteiger partial charge in [-0.25, -0.2) is 4.98 Å². The molecule has 1 aromatic carbocycles. The molecule has 2 heterocycles. The van der Waals surface area contributed by atoms with Gasteiger partial charge in [0.15, 0.2) is 0 Å². The zero-order valence-corrected chi connectivity index (χ0v) is 17.8. The van der Waals surface area contributed by atoms with Gasteiger partial charge in [0.2, 0.25) is 0 Å². The van der Waals surface area contributed by atoms with Crippen molar-refractivity contribution >= 4 is 11.5 Å². The zero-order valence-electron chi connectivity index (χ0n) is 17.8. The number of pyridine rings is 1. The Labute approximate surface area is 163 Å². The molecule has 0 aliphatic rings. The second-order valence-electron chi connectivity index (χ2n) is 9.66. The SMILES string of the molecule is Cc1ccc2nc([C@H](C)c3ccccc3)c(NC(C)(C)CC(C)(C)C)n2c1. The Hall–Kier alpha value is -2.29. The maximum Gasteiger partial charge on any atom is 0.138 e. The van der Waals surface area contributed by atoms with Crippen molar-refractivity contribution in [2.24, 2.45) is 5.41 Å². The Morgan fingerprint density at radius 2 is 1.67 bits per heavy atom. The molecule has 1 atom stereocenters. The number of benzene rings is 1. The third-order valence-corrected chi connectivity index (χ3v) is 4.93. The molecule has 3 nitrogen and oxygen atoms in total. The highest BCUT2D eigenvalue weighted by atomic mass is 15.2. The molecule has 0 saturated carbocycles. The van der Waals surface area contributed by atoms with Crippen molar-refractivity contribution in [3.8, 4) is 0 Å². The van der Waals surface area contributed by atoms with Crippen molar-refractivity contribution in [2.45, 2.75) is 66.3 Å². The molecule has 0 spiro atoms. The van der Waals surface area contributed by atoms with Gasteiger partial charge in [-0.2, -0.15) is 0 Å². The number of nitrogens with zero attached hydrogens (tertiary/aromatic N) is 2. The number of rotatable bonds is 5. The normalized spacial score (nSPS) is 13.7. The fourth-order valence-corrected chi connectivity index (χ4v) is 4.19. The fourth-order valence-electron chi connectivity index (χ4n) is 4.19. The Bertz CT molecular complexity index is 914. The third kappa shape index (κ3) is 4.52. The lowest BCUT2D eigenvalue weighted by molar-refractivity contribution is 0.301. The molecule has 27 heavy (non-hydrogen) atoms. The summed E-state index contributed by atoms with van der Waals surface area (Å²) in [5.41, 5.74) is 4.83. The topological polar surface area (TPSA) is 29.3 Å². The van der Waals surface area contributed by atoms with Crippen LogP contribution in [0.25, 0.3) is 5.65 Å². The first-order valence-corrected chi connectivity index (χ1v) is 9.87. The summed E-state index contributed by atoms with van der Waals surface area (Å²) in [7, 11) is 0. The molecule has 0 aliphatic heterocycles. The standard InChI is InChI=1S/C24H33N3/c1-17-13-14-20-25-21(18(2)19-11-9-8-10-12-19)22(27(20)15-17)26-24(6,7)16-23(3,4)5/h8-15,18,26H,16H2,1-7H3/t18-/m1/s1. The first-order valence-electron chi connectivity index (χ1n) is 9.87. The molecule has 1 N–H and O–H groups in total. The van der Waals surface area contributed by atoms with Gasteiger partial charge < -0.3 is 5.32 Å². The van der Waals surface area contributed by atoms with E-state index in [0.717, 1.165) is 23.6 Å². The van der Waals surface area contributed by atoms with Crippen LogP contribution in [0.5, 0.6) is 0 Å². The summed E-state index contributed by atoms with van der Waals surface area (Å²) in [6, 6.07) is 14.9. The van der Waals surface area contributed by atoms with Crippen LogP contribution < -0.4 is 5.32 Å². The van der Waals surface area contributed by atoms with E-state index in [-0.39, 0.29) is 16.9 Å². The van der Waals surface area contributed by atoms with Gasteiger partial charge in [-0.05, 0) is 49.8 Å². The van der Waals surface area contributed by atoms with Gasteiger partial charge in [0.25, 0.3) is 0 Å². The van der Waals surface area contributed by atoms with Crippen LogP contribution in [-0.4, -0.2) is 14.9 Å². The van der Waals surface area contributed by atoms with Crippen molar-refractivity contribution in [3.05, 3.63) is 65.5 Å². The predicted molar refractivity (Wildman–Crippen MR) is 116 cm³/mol. The van der Waals surface area contributed by atoms with Crippen molar-refractivity contribution in [3.63, 3.8) is 0 Å². The zero-order chi connectivity index (χ0) is 19.8. The van der Waals surface area contributed by atoms with Crippen LogP contribution in [0.3, 0.4) is 0 Å². The molecule has 3 aromatic rings. The van der Waals surface area contributed by atoms with Gasteiger partial charge in [0, 0.05) is 17.7 Å². The highest BCUT2D eigenvalue weighted by Crippen LogP contribution is 2.35. The highest BCUT2D eigenvalue weighted by Gasteiger charge is 2.29. The number of aromatic nitrogens is 2. The highest BCUT2D eigenvalue weighted by molar-refractivity contribution is 5.59. The molecule has 0 amide bonds. The monoisotopic (exact) mass is 363 g/mol. The Morgan fingerprint density at radius 3 is 2.30 bits per heavy atom. The van der Waals surface area contributed by atoms with E-state index in [4.69, 9.17) is 4.98 Å². The molecule has 0 bridgehead atoms. The van der Waals surface area contributed by atoms with Crippen LogP contribution in [0.1, 0.15) is 70.7 Å². The minimum absolute atomic E-state index is 0.0386. The van der Waals surface area contributed by atoms with E-state index in [2.05, 4.69) is 107 Å². The molecule has 0 saturated heterocycles. The van der Waals surface area contributed by atoms with Crippen LogP contribution in [-0.2, 0) is 0 Å². The van der Waals surface area contributed by atoms with Gasteiger partial charge in [-0.1, -0.05) is 64.1 Å². The van der Waals surface area contributed by atoms with Gasteiger partial charge in [-0.3, -0.25) is 4.40 Å². The average molecular weight is 364 g/mol. The van der Waals surface area contributed by atoms with E-state index < -0.39 is 0 Å². The third-order valence-electron chi connectivity index (χ3n) is 4.93. The predicted octanol–water partition coefficient (Wildman–Crippen LogP) is 6.42. The van der Waals surface area contributed by atoms with Gasteiger partial charge in [-0.15, -0.1) is 0 Å². The second kappa shape index (κ2) is 7.03. The summed E-state index contributed by atoms with van der Waals surface area (Å²) in [5.74, 6) is 1.33. The molecule has 144 valence electrons. The summed E-state index contributed by atoms with van der Waals surface area (Å²) in [4.78, 5) is 5.01. The van der Waals surface area contributed by atoms with Crippen molar-refractivity contribution in [1.29, 1.82) is 0 Å². The average Bonchev–Trinajstić information content (AvgIpc) is 2.90. The molecule has 0 unspecified atom stereocenters. The van der Waals surface area contributed by atoms with Crippen molar-refractivity contribution in [2.75, 3.05) is 5.32 Å². The largest absolute Gasteiger partial charge is 0.365 e. The lowest BCUT2D eigenvalue weighted by atomic mass is 9.81. The Kier molecular flexibility index (Phi) is 5.07. The first-order chi connectivity index (χ1) is 12.6. The van der Waals surface area contributed by atoms with E-state index in [1.165, 1.54) is 11.1 Å². The van der Waals surface area contributed by atoms with Crippen LogP contribution in [0.15, 0.2) is 48.7 Å². The lowest BCUT2D eigenvalue weighted by Gasteiger charge is -2.34. The summed E-state index contributed by atoms with van der Waals surface area (Å²) < 4.78 is 2.22. The van der Waals surface area contributed by atoms with Crippen LogP contribution >= 0.6 is 0 Å². The number of nitrogens with one attached hydrogen (secondary N) is 1. The van der Waals surface area contributed by atoms with Crippen LogP contribution in [0.4, 0.5) is 5.82 Å². The minimum Gasteiger partial charge on any atom is -0.365 e. The quantitative estimate of drug-likeness (QED) is 0.566. The number of hydrogen-bond donors (Lipinski definition) is 1. The van der Waals surface area contributed by atoms with Crippen LogP contribution in [0, 0.1) is 12.3 Å². The van der Waals surface area contributed by atoms with Gasteiger partial charge >= 0.3 is 0 Å². The van der Waals surface area contributed by atoms with E-state index in [0.29, 0.717) is 0 Å². The molecular weight excluding hydrogens is 330 g/mol. The van der Waals surface area contributed by atoms with Gasteiger partial charge in [0.1, 0.15) is 11.5 Å². The minimum atomic E-state index is -0.0386. The number of aryl methyl sites for hydroxylation is 1. The van der Waals surface area contributed by atoms with Crippen LogP contribution in [0.2, 0.25) is 0 Å². The molecule has 0 aliphatic carbocycles. The number of hydrogen-bond acceptors (Lipinski definition) is 2. The summed E-state index contributed by atoms with van der Waals surface area (Å²) in [6.45, 7) is 15.8. The molecule has 3 heteroatoms. The van der Waals surface area contributed by atoms with E-state index in [1.54, 1.807) is 0 Å². The maximum absolute atomic E-state index is 5.01. The molecule has 2 aromatic heterocycles. The Balaban J connectivity index is 2.10. The lowest BCUT2D eigenvalue weighted by Crippen LogP contribution is -2.36. The van der Waals surface area contributed by atoms with E-state index in [9.17, 15) is 0 Å². The second-order valence-corrected chi connectivity index (χ2v) is 9.66. The van der Waals surface area contributed by atoms with Gasteiger partial charge in [0.05, 0.1) is 5.69 Å².